The minimum atomic E-state index is -0.964. The molecule has 6 N–H and O–H groups in total. The number of aromatic nitrogens is 1. The summed E-state index contributed by atoms with van der Waals surface area (Å²) in [4.78, 5) is 16.1. The Balaban J connectivity index is 2.30. The Labute approximate surface area is 157 Å². The third-order valence-electron chi connectivity index (χ3n) is 4.63. The van der Waals surface area contributed by atoms with Gasteiger partial charge >= 0.3 is 5.97 Å². The number of carbonyl (C=O) groups is 1. The molecule has 1 heterocycles. The SMILES string of the molecule is CC(CC(C(=O)O)C(Cc1ccc(N)nc1)C(N)=NN=N)c1ccccc1. The van der Waals surface area contributed by atoms with E-state index in [1.165, 1.54) is 0 Å². The van der Waals surface area contributed by atoms with Crippen LogP contribution in [0.4, 0.5) is 5.82 Å². The van der Waals surface area contributed by atoms with Gasteiger partial charge < -0.3 is 16.6 Å². The summed E-state index contributed by atoms with van der Waals surface area (Å²) >= 11 is 0. The number of aliphatic carboxylic acids is 1. The molecule has 0 saturated heterocycles. The fraction of sp³-hybridized carbons (Fsp3) is 0.316. The van der Waals surface area contributed by atoms with E-state index in [9.17, 15) is 9.90 Å². The average molecular weight is 368 g/mol. The average Bonchev–Trinajstić information content (AvgIpc) is 2.66. The van der Waals surface area contributed by atoms with Crippen LogP contribution < -0.4 is 11.5 Å². The molecule has 0 fully saturated rings. The summed E-state index contributed by atoms with van der Waals surface area (Å²) in [6.07, 6.45) is 2.28. The number of anilines is 1. The van der Waals surface area contributed by atoms with Gasteiger partial charge in [0.25, 0.3) is 0 Å². The lowest BCUT2D eigenvalue weighted by atomic mass is 9.79. The molecule has 8 heteroatoms. The fourth-order valence-electron chi connectivity index (χ4n) is 3.13. The number of pyridine rings is 1. The highest BCUT2D eigenvalue weighted by Crippen LogP contribution is 2.30. The number of amidine groups is 1. The molecule has 3 unspecified atom stereocenters. The van der Waals surface area contributed by atoms with Gasteiger partial charge in [-0.3, -0.25) is 4.79 Å². The first-order valence-corrected chi connectivity index (χ1v) is 8.60. The molecule has 0 aliphatic heterocycles. The van der Waals surface area contributed by atoms with E-state index < -0.39 is 17.8 Å². The van der Waals surface area contributed by atoms with Crippen molar-refractivity contribution < 1.29 is 9.90 Å². The lowest BCUT2D eigenvalue weighted by Gasteiger charge is -2.26. The number of rotatable bonds is 9. The predicted molar refractivity (Wildman–Crippen MR) is 103 cm³/mol. The van der Waals surface area contributed by atoms with Crippen molar-refractivity contribution in [2.75, 3.05) is 5.73 Å². The van der Waals surface area contributed by atoms with Crippen LogP contribution in [0.5, 0.6) is 0 Å². The maximum Gasteiger partial charge on any atom is 0.307 e. The Kier molecular flexibility index (Phi) is 6.99. The Morgan fingerprint density at radius 2 is 1.93 bits per heavy atom. The van der Waals surface area contributed by atoms with Crippen molar-refractivity contribution in [3.63, 3.8) is 0 Å². The molecule has 0 aliphatic carbocycles. The molecule has 27 heavy (non-hydrogen) atoms. The molecule has 3 atom stereocenters. The van der Waals surface area contributed by atoms with Crippen molar-refractivity contribution in [1.29, 1.82) is 5.53 Å². The van der Waals surface area contributed by atoms with Crippen LogP contribution in [0.25, 0.3) is 0 Å². The van der Waals surface area contributed by atoms with E-state index in [4.69, 9.17) is 17.0 Å². The van der Waals surface area contributed by atoms with E-state index in [2.05, 4.69) is 15.3 Å². The first-order valence-electron chi connectivity index (χ1n) is 8.60. The van der Waals surface area contributed by atoms with E-state index >= 15 is 0 Å². The predicted octanol–water partition coefficient (Wildman–Crippen LogP) is 3.02. The number of nitrogens with two attached hydrogens (primary N) is 2. The third-order valence-corrected chi connectivity index (χ3v) is 4.63. The van der Waals surface area contributed by atoms with Crippen LogP contribution in [-0.2, 0) is 11.2 Å². The smallest absolute Gasteiger partial charge is 0.307 e. The topological polar surface area (TPSA) is 151 Å². The number of hydrogen-bond donors (Lipinski definition) is 4. The van der Waals surface area contributed by atoms with Crippen LogP contribution in [0.15, 0.2) is 59.0 Å². The molecular weight excluding hydrogens is 344 g/mol. The number of nitrogen functional groups attached to an aromatic ring is 1. The lowest BCUT2D eigenvalue weighted by Crippen LogP contribution is -2.36. The number of nitrogens with zero attached hydrogens (tertiary/aromatic N) is 3. The first kappa shape index (κ1) is 20.0. The fourth-order valence-corrected chi connectivity index (χ4v) is 3.13. The number of nitrogens with one attached hydrogen (secondary N) is 1. The minimum Gasteiger partial charge on any atom is -0.481 e. The van der Waals surface area contributed by atoms with Crippen LogP contribution in [0, 0.1) is 17.4 Å². The molecule has 0 aliphatic rings. The van der Waals surface area contributed by atoms with Gasteiger partial charge in [-0.25, -0.2) is 4.98 Å². The van der Waals surface area contributed by atoms with Gasteiger partial charge in [0, 0.05) is 12.1 Å². The van der Waals surface area contributed by atoms with Crippen molar-refractivity contribution in [2.45, 2.75) is 25.7 Å². The summed E-state index contributed by atoms with van der Waals surface area (Å²) in [6, 6.07) is 13.1. The first-order chi connectivity index (χ1) is 12.9. The largest absolute Gasteiger partial charge is 0.481 e. The van der Waals surface area contributed by atoms with Crippen LogP contribution in [0.3, 0.4) is 0 Å². The summed E-state index contributed by atoms with van der Waals surface area (Å²) in [6.45, 7) is 1.98. The Hall–Kier alpha value is -3.29. The van der Waals surface area contributed by atoms with E-state index in [-0.39, 0.29) is 11.8 Å². The van der Waals surface area contributed by atoms with Gasteiger partial charge in [-0.05, 0) is 36.0 Å². The molecule has 142 valence electrons. The highest BCUT2D eigenvalue weighted by Gasteiger charge is 2.33. The highest BCUT2D eigenvalue weighted by atomic mass is 16.4. The molecule has 2 aromatic rings. The van der Waals surface area contributed by atoms with Gasteiger partial charge in [0.05, 0.1) is 5.92 Å². The van der Waals surface area contributed by atoms with Crippen molar-refractivity contribution >= 4 is 17.6 Å². The molecule has 0 radical (unpaired) electrons. The maximum absolute atomic E-state index is 12.0. The zero-order chi connectivity index (χ0) is 19.8. The quantitative estimate of drug-likeness (QED) is 0.232. The number of hydrogen-bond acceptors (Lipinski definition) is 5. The molecule has 0 amide bonds. The van der Waals surface area contributed by atoms with Crippen molar-refractivity contribution in [3.8, 4) is 0 Å². The second-order valence-electron chi connectivity index (χ2n) is 6.52. The van der Waals surface area contributed by atoms with Crippen LogP contribution in [0.1, 0.15) is 30.4 Å². The van der Waals surface area contributed by atoms with Crippen LogP contribution >= 0.6 is 0 Å². The summed E-state index contributed by atoms with van der Waals surface area (Å²) in [5, 5.41) is 16.4. The number of carboxylic acids is 1. The standard InChI is InChI=1S/C19H24N6O2/c1-12(14-5-3-2-4-6-14)9-16(19(26)27)15(18(21)24-25-22)10-13-7-8-17(20)23-11-13/h2-8,11-12,15-16H,9-10H2,1H3,(H2,20,23)(H,26,27)(H3,21,22,24). The van der Waals surface area contributed by atoms with Gasteiger partial charge in [0.1, 0.15) is 11.7 Å². The molecule has 2 rings (SSSR count). The molecule has 0 bridgehead atoms. The van der Waals surface area contributed by atoms with Crippen LogP contribution in [0.2, 0.25) is 0 Å². The van der Waals surface area contributed by atoms with Gasteiger partial charge in [0.2, 0.25) is 0 Å². The van der Waals surface area contributed by atoms with Crippen molar-refractivity contribution in [2.24, 2.45) is 27.9 Å². The second-order valence-corrected chi connectivity index (χ2v) is 6.52. The molecule has 8 nitrogen and oxygen atoms in total. The van der Waals surface area contributed by atoms with Gasteiger partial charge in [-0.1, -0.05) is 48.5 Å². The number of carboxylic acid groups (broad SMARTS) is 1. The number of benzene rings is 1. The Morgan fingerprint density at radius 3 is 2.48 bits per heavy atom. The monoisotopic (exact) mass is 368 g/mol. The van der Waals surface area contributed by atoms with Gasteiger partial charge in [-0.15, -0.1) is 5.10 Å². The van der Waals surface area contributed by atoms with E-state index in [1.807, 2.05) is 37.3 Å². The van der Waals surface area contributed by atoms with Gasteiger partial charge in [0.15, 0.2) is 0 Å². The summed E-state index contributed by atoms with van der Waals surface area (Å²) in [5.41, 5.74) is 20.4. The normalized spacial score (nSPS) is 14.9. The van der Waals surface area contributed by atoms with Gasteiger partial charge in [-0.2, -0.15) is 5.53 Å². The maximum atomic E-state index is 12.0. The molecule has 0 saturated carbocycles. The molecule has 0 spiro atoms. The summed E-state index contributed by atoms with van der Waals surface area (Å²) < 4.78 is 0. The lowest BCUT2D eigenvalue weighted by molar-refractivity contribution is -0.143. The van der Waals surface area contributed by atoms with Crippen molar-refractivity contribution in [3.05, 3.63) is 59.8 Å². The van der Waals surface area contributed by atoms with E-state index in [1.54, 1.807) is 18.3 Å². The zero-order valence-corrected chi connectivity index (χ0v) is 15.1. The summed E-state index contributed by atoms with van der Waals surface area (Å²) in [5.74, 6) is -1.95. The highest BCUT2D eigenvalue weighted by molar-refractivity contribution is 5.87. The van der Waals surface area contributed by atoms with Crippen LogP contribution in [-0.4, -0.2) is 21.9 Å². The second kappa shape index (κ2) is 9.42. The van der Waals surface area contributed by atoms with E-state index in [0.29, 0.717) is 18.7 Å². The third kappa shape index (κ3) is 5.60. The van der Waals surface area contributed by atoms with Crippen molar-refractivity contribution in [1.82, 2.24) is 4.98 Å². The van der Waals surface area contributed by atoms with E-state index in [0.717, 1.165) is 11.1 Å². The Bertz CT molecular complexity index is 792. The zero-order valence-electron chi connectivity index (χ0n) is 15.1. The Morgan fingerprint density at radius 1 is 1.22 bits per heavy atom. The molecular formula is C19H24N6O2. The summed E-state index contributed by atoms with van der Waals surface area (Å²) in [7, 11) is 0. The molecule has 1 aromatic carbocycles. The molecule has 1 aromatic heterocycles. The minimum absolute atomic E-state index is 0.0140.